The topological polar surface area (TPSA) is 126 Å². The van der Waals surface area contributed by atoms with Gasteiger partial charge in [-0.05, 0) is 56.1 Å². The Morgan fingerprint density at radius 3 is 2.50 bits per heavy atom. The van der Waals surface area contributed by atoms with Crippen molar-refractivity contribution in [3.63, 3.8) is 0 Å². The maximum absolute atomic E-state index is 13.6. The highest BCUT2D eigenvalue weighted by Gasteiger charge is 2.39. The second kappa shape index (κ2) is 11.4. The van der Waals surface area contributed by atoms with Crippen LogP contribution in [0.3, 0.4) is 0 Å². The quantitative estimate of drug-likeness (QED) is 0.226. The van der Waals surface area contributed by atoms with Gasteiger partial charge in [0.25, 0.3) is 5.56 Å². The SMILES string of the molecule is N=C(N)c1ccc(CNC(=O)C2CC(CCCc3ccccc3)c3c(Cl)nc(NC4CCC4)c(=O)n32)cc1. The first-order chi connectivity index (χ1) is 18.4. The van der Waals surface area contributed by atoms with E-state index in [4.69, 9.17) is 22.7 Å². The lowest BCUT2D eigenvalue weighted by Crippen LogP contribution is -2.38. The molecule has 38 heavy (non-hydrogen) atoms. The largest absolute Gasteiger partial charge is 0.384 e. The van der Waals surface area contributed by atoms with Crippen LogP contribution in [0.4, 0.5) is 5.82 Å². The van der Waals surface area contributed by atoms with Crippen LogP contribution in [0.2, 0.25) is 5.15 Å². The summed E-state index contributed by atoms with van der Waals surface area (Å²) < 4.78 is 1.58. The van der Waals surface area contributed by atoms with E-state index in [1.807, 2.05) is 30.3 Å². The third kappa shape index (κ3) is 5.60. The van der Waals surface area contributed by atoms with Gasteiger partial charge in [0.05, 0.1) is 5.69 Å². The lowest BCUT2D eigenvalue weighted by molar-refractivity contribution is -0.124. The summed E-state index contributed by atoms with van der Waals surface area (Å²) in [6.07, 6.45) is 6.26. The molecule has 0 radical (unpaired) electrons. The number of nitrogens with two attached hydrogens (primary N) is 1. The Kier molecular flexibility index (Phi) is 7.79. The maximum Gasteiger partial charge on any atom is 0.294 e. The number of aromatic nitrogens is 2. The van der Waals surface area contributed by atoms with E-state index in [1.165, 1.54) is 5.56 Å². The normalized spacial score (nSPS) is 18.4. The molecule has 3 aromatic rings. The summed E-state index contributed by atoms with van der Waals surface area (Å²) in [5.41, 5.74) is 8.69. The van der Waals surface area contributed by atoms with E-state index in [-0.39, 0.29) is 35.1 Å². The number of amides is 1. The third-order valence-electron chi connectivity index (χ3n) is 7.65. The minimum Gasteiger partial charge on any atom is -0.384 e. The average molecular weight is 533 g/mol. The molecule has 1 fully saturated rings. The molecular weight excluding hydrogens is 500 g/mol. The molecule has 1 aliphatic heterocycles. The Labute approximate surface area is 227 Å². The van der Waals surface area contributed by atoms with Crippen molar-refractivity contribution in [2.75, 3.05) is 5.32 Å². The number of nitrogen functional groups attached to an aromatic ring is 1. The van der Waals surface area contributed by atoms with Crippen molar-refractivity contribution < 1.29 is 4.79 Å². The van der Waals surface area contributed by atoms with Gasteiger partial charge in [0.1, 0.15) is 11.9 Å². The number of anilines is 1. The van der Waals surface area contributed by atoms with E-state index in [9.17, 15) is 9.59 Å². The van der Waals surface area contributed by atoms with Crippen molar-refractivity contribution in [2.24, 2.45) is 5.73 Å². The molecule has 8 nitrogen and oxygen atoms in total. The number of hydrogen-bond donors (Lipinski definition) is 4. The molecule has 0 saturated heterocycles. The molecule has 0 bridgehead atoms. The van der Waals surface area contributed by atoms with Crippen LogP contribution in [0.1, 0.15) is 72.9 Å². The predicted octanol–water partition coefficient (Wildman–Crippen LogP) is 4.51. The highest BCUT2D eigenvalue weighted by atomic mass is 35.5. The number of benzene rings is 2. The van der Waals surface area contributed by atoms with E-state index in [1.54, 1.807) is 16.7 Å². The highest BCUT2D eigenvalue weighted by molar-refractivity contribution is 6.30. The zero-order valence-corrected chi connectivity index (χ0v) is 22.0. The first-order valence-corrected chi connectivity index (χ1v) is 13.6. The summed E-state index contributed by atoms with van der Waals surface area (Å²) >= 11 is 6.70. The summed E-state index contributed by atoms with van der Waals surface area (Å²) in [7, 11) is 0. The maximum atomic E-state index is 13.6. The van der Waals surface area contributed by atoms with Crippen molar-refractivity contribution in [2.45, 2.75) is 69.5 Å². The van der Waals surface area contributed by atoms with Gasteiger partial charge in [-0.1, -0.05) is 66.2 Å². The number of nitrogens with one attached hydrogen (secondary N) is 3. The summed E-state index contributed by atoms with van der Waals surface area (Å²) in [6.45, 7) is 0.308. The molecule has 9 heteroatoms. The molecule has 1 saturated carbocycles. The lowest BCUT2D eigenvalue weighted by atomic mass is 9.93. The van der Waals surface area contributed by atoms with E-state index in [2.05, 4.69) is 27.8 Å². The molecule has 2 aromatic carbocycles. The minimum absolute atomic E-state index is 0.00219. The lowest BCUT2D eigenvalue weighted by Gasteiger charge is -2.27. The fraction of sp³-hybridized carbons (Fsp3) is 0.379. The number of aryl methyl sites for hydroxylation is 1. The summed E-state index contributed by atoms with van der Waals surface area (Å²) in [5, 5.41) is 14.1. The zero-order chi connectivity index (χ0) is 26.6. The number of rotatable bonds is 10. The monoisotopic (exact) mass is 532 g/mol. The molecule has 198 valence electrons. The third-order valence-corrected chi connectivity index (χ3v) is 7.93. The van der Waals surface area contributed by atoms with Gasteiger partial charge in [-0.25, -0.2) is 4.98 Å². The van der Waals surface area contributed by atoms with Crippen LogP contribution >= 0.6 is 11.6 Å². The molecule has 2 atom stereocenters. The molecule has 0 spiro atoms. The fourth-order valence-corrected chi connectivity index (χ4v) is 5.64. The summed E-state index contributed by atoms with van der Waals surface area (Å²) in [5.74, 6) is -0.0233. The first-order valence-electron chi connectivity index (χ1n) is 13.2. The standard InChI is InChI=1S/C29H33ClN6O2/c30-25-24-21(9-4-8-18-6-2-1-3-7-18)16-23(36(24)29(38)27(35-25)34-22-10-5-11-22)28(37)33-17-19-12-14-20(15-13-19)26(31)32/h1-3,6-7,12-15,21-23H,4-5,8-11,16-17H2,(H3,31,32)(H,33,37)(H,34,35). The van der Waals surface area contributed by atoms with Gasteiger partial charge >= 0.3 is 0 Å². The van der Waals surface area contributed by atoms with Gasteiger partial charge in [0.2, 0.25) is 5.91 Å². The zero-order valence-electron chi connectivity index (χ0n) is 21.3. The molecule has 2 heterocycles. The number of halogens is 1. The Bertz CT molecular complexity index is 1370. The summed E-state index contributed by atoms with van der Waals surface area (Å²) in [4.78, 5) is 31.5. The number of hydrogen-bond acceptors (Lipinski definition) is 5. The van der Waals surface area contributed by atoms with Crippen LogP contribution in [-0.2, 0) is 17.8 Å². The van der Waals surface area contributed by atoms with Gasteiger partial charge in [-0.15, -0.1) is 0 Å². The van der Waals surface area contributed by atoms with Crippen molar-refractivity contribution >= 4 is 29.2 Å². The predicted molar refractivity (Wildman–Crippen MR) is 150 cm³/mol. The number of fused-ring (bicyclic) bond motifs is 1. The van der Waals surface area contributed by atoms with Crippen LogP contribution < -0.4 is 21.9 Å². The number of amidine groups is 1. The van der Waals surface area contributed by atoms with Gasteiger partial charge in [-0.2, -0.15) is 0 Å². The molecule has 1 aromatic heterocycles. The molecule has 1 amide bonds. The van der Waals surface area contributed by atoms with Crippen molar-refractivity contribution in [1.82, 2.24) is 14.9 Å². The van der Waals surface area contributed by atoms with Gasteiger partial charge < -0.3 is 16.4 Å². The van der Waals surface area contributed by atoms with E-state index in [0.717, 1.165) is 44.1 Å². The Morgan fingerprint density at radius 1 is 1.11 bits per heavy atom. The highest BCUT2D eigenvalue weighted by Crippen LogP contribution is 2.41. The van der Waals surface area contributed by atoms with Crippen LogP contribution in [0, 0.1) is 5.41 Å². The minimum atomic E-state index is -0.654. The van der Waals surface area contributed by atoms with Gasteiger partial charge in [0, 0.05) is 24.1 Å². The number of nitrogens with zero attached hydrogens (tertiary/aromatic N) is 2. The Morgan fingerprint density at radius 2 is 1.84 bits per heavy atom. The smallest absolute Gasteiger partial charge is 0.294 e. The van der Waals surface area contributed by atoms with Crippen LogP contribution in [0.15, 0.2) is 59.4 Å². The van der Waals surface area contributed by atoms with E-state index >= 15 is 0 Å². The first kappa shape index (κ1) is 26.0. The second-order valence-electron chi connectivity index (χ2n) is 10.2. The van der Waals surface area contributed by atoms with Gasteiger partial charge in [-0.3, -0.25) is 19.6 Å². The molecule has 5 rings (SSSR count). The van der Waals surface area contributed by atoms with Crippen molar-refractivity contribution in [1.29, 1.82) is 5.41 Å². The summed E-state index contributed by atoms with van der Waals surface area (Å²) in [6, 6.07) is 17.0. The Balaban J connectivity index is 1.35. The van der Waals surface area contributed by atoms with Crippen LogP contribution in [-0.4, -0.2) is 27.3 Å². The number of carbonyl (C=O) groups is 1. The van der Waals surface area contributed by atoms with Crippen molar-refractivity contribution in [3.8, 4) is 0 Å². The van der Waals surface area contributed by atoms with Crippen molar-refractivity contribution in [3.05, 3.63) is 92.5 Å². The molecule has 5 N–H and O–H groups in total. The average Bonchev–Trinajstić information content (AvgIpc) is 3.29. The fourth-order valence-electron chi connectivity index (χ4n) is 5.31. The molecule has 1 aliphatic carbocycles. The second-order valence-corrected chi connectivity index (χ2v) is 10.6. The van der Waals surface area contributed by atoms with Crippen LogP contribution in [0.25, 0.3) is 0 Å². The molecular formula is C29H33ClN6O2. The van der Waals surface area contributed by atoms with Gasteiger partial charge in [0.15, 0.2) is 11.0 Å². The number of carbonyl (C=O) groups excluding carboxylic acids is 1. The Hall–Kier alpha value is -3.65. The molecule has 2 unspecified atom stereocenters. The molecule has 2 aliphatic rings. The van der Waals surface area contributed by atoms with Crippen LogP contribution in [0.5, 0.6) is 0 Å². The van der Waals surface area contributed by atoms with E-state index < -0.39 is 6.04 Å². The van der Waals surface area contributed by atoms with E-state index in [0.29, 0.717) is 29.4 Å².